The molecular weight excluding hydrogens is 350 g/mol. The Bertz CT molecular complexity index is 693. The molecule has 8 heteroatoms. The van der Waals surface area contributed by atoms with Gasteiger partial charge in [-0.2, -0.15) is 0 Å². The van der Waals surface area contributed by atoms with Crippen LogP contribution < -0.4 is 5.32 Å². The number of carbonyl (C=O) groups is 1. The van der Waals surface area contributed by atoms with Gasteiger partial charge < -0.3 is 5.32 Å². The molecule has 1 heterocycles. The van der Waals surface area contributed by atoms with Crippen molar-refractivity contribution >= 4 is 44.8 Å². The molecule has 20 heavy (non-hydrogen) atoms. The lowest BCUT2D eigenvalue weighted by atomic mass is 10.2. The number of nitrogens with one attached hydrogen (secondary N) is 1. The number of aromatic nitrogens is 1. The number of pyridine rings is 1. The second kappa shape index (κ2) is 5.98. The number of anilines is 1. The highest BCUT2D eigenvalue weighted by molar-refractivity contribution is 9.10. The van der Waals surface area contributed by atoms with Crippen molar-refractivity contribution in [1.29, 1.82) is 0 Å². The van der Waals surface area contributed by atoms with Crippen LogP contribution in [0.3, 0.4) is 0 Å². The molecule has 2 rings (SSSR count). The number of nitro benzene ring substituents is 1. The van der Waals surface area contributed by atoms with Crippen LogP contribution in [0.1, 0.15) is 10.5 Å². The minimum Gasteiger partial charge on any atom is -0.321 e. The van der Waals surface area contributed by atoms with Crippen LogP contribution in [0.15, 0.2) is 41.0 Å². The monoisotopic (exact) mass is 355 g/mol. The third-order valence-electron chi connectivity index (χ3n) is 2.35. The quantitative estimate of drug-likeness (QED) is 0.516. The number of rotatable bonds is 3. The largest absolute Gasteiger partial charge is 0.321 e. The first kappa shape index (κ1) is 14.4. The second-order valence-corrected chi connectivity index (χ2v) is 4.94. The Morgan fingerprint density at radius 2 is 2.10 bits per heavy atom. The average Bonchev–Trinajstić information content (AvgIpc) is 2.38. The summed E-state index contributed by atoms with van der Waals surface area (Å²) in [6.45, 7) is 0. The minimum atomic E-state index is -0.593. The molecule has 0 spiro atoms. The summed E-state index contributed by atoms with van der Waals surface area (Å²) in [6.07, 6.45) is 0. The zero-order valence-electron chi connectivity index (χ0n) is 9.84. The smallest absolute Gasteiger partial charge is 0.288 e. The van der Waals surface area contributed by atoms with Gasteiger partial charge in [0.1, 0.15) is 15.3 Å². The van der Waals surface area contributed by atoms with Crippen LogP contribution in [0.5, 0.6) is 0 Å². The predicted octanol–water partition coefficient (Wildman–Crippen LogP) is 3.66. The topological polar surface area (TPSA) is 85.1 Å². The summed E-state index contributed by atoms with van der Waals surface area (Å²) in [7, 11) is 0. The number of amides is 1. The number of carbonyl (C=O) groups excluding carboxylic acids is 1. The first-order valence-electron chi connectivity index (χ1n) is 5.35. The van der Waals surface area contributed by atoms with Crippen molar-refractivity contribution in [3.05, 3.63) is 61.8 Å². The van der Waals surface area contributed by atoms with Gasteiger partial charge in [-0.15, -0.1) is 0 Å². The summed E-state index contributed by atoms with van der Waals surface area (Å²) in [5, 5.41) is 13.1. The lowest BCUT2D eigenvalue weighted by molar-refractivity contribution is -0.384. The van der Waals surface area contributed by atoms with E-state index >= 15 is 0 Å². The number of nitrogens with zero attached hydrogens (tertiary/aromatic N) is 2. The van der Waals surface area contributed by atoms with Gasteiger partial charge in [0, 0.05) is 11.8 Å². The molecule has 0 saturated carbocycles. The minimum absolute atomic E-state index is 0.0463. The molecule has 6 nitrogen and oxygen atoms in total. The Balaban J connectivity index is 2.20. The molecule has 0 fully saturated rings. The Labute approximate surface area is 127 Å². The van der Waals surface area contributed by atoms with Crippen molar-refractivity contribution in [2.24, 2.45) is 0 Å². The summed E-state index contributed by atoms with van der Waals surface area (Å²) < 4.78 is 0.534. The molecule has 0 bridgehead atoms. The predicted molar refractivity (Wildman–Crippen MR) is 78.0 cm³/mol. The standard InChI is InChI=1S/C12H7BrClN3O3/c13-11-3-1-2-9(16-11)12(18)15-7-4-5-10(17(19)20)8(14)6-7/h1-6H,(H,15,18). The van der Waals surface area contributed by atoms with Crippen LogP contribution in [0.25, 0.3) is 0 Å². The lowest BCUT2D eigenvalue weighted by Crippen LogP contribution is -2.13. The molecule has 1 N–H and O–H groups in total. The second-order valence-electron chi connectivity index (χ2n) is 3.72. The maximum Gasteiger partial charge on any atom is 0.288 e. The molecule has 0 saturated heterocycles. The zero-order chi connectivity index (χ0) is 14.7. The van der Waals surface area contributed by atoms with Crippen molar-refractivity contribution < 1.29 is 9.72 Å². The van der Waals surface area contributed by atoms with Crippen molar-refractivity contribution in [2.45, 2.75) is 0 Å². The molecular formula is C12H7BrClN3O3. The Kier molecular flexibility index (Phi) is 4.31. The van der Waals surface area contributed by atoms with Gasteiger partial charge in [0.15, 0.2) is 0 Å². The fraction of sp³-hybridized carbons (Fsp3) is 0. The normalized spacial score (nSPS) is 10.1. The molecule has 102 valence electrons. The van der Waals surface area contributed by atoms with E-state index in [2.05, 4.69) is 26.2 Å². The van der Waals surface area contributed by atoms with Crippen molar-refractivity contribution in [1.82, 2.24) is 4.98 Å². The Hall–Kier alpha value is -1.99. The van der Waals surface area contributed by atoms with Crippen LogP contribution in [0.4, 0.5) is 11.4 Å². The highest BCUT2D eigenvalue weighted by Crippen LogP contribution is 2.27. The fourth-order valence-electron chi connectivity index (χ4n) is 1.46. The van der Waals surface area contributed by atoms with E-state index in [0.717, 1.165) is 0 Å². The van der Waals surface area contributed by atoms with Crippen molar-refractivity contribution in [3.8, 4) is 0 Å². The third kappa shape index (κ3) is 3.31. The van der Waals surface area contributed by atoms with Gasteiger partial charge in [0.2, 0.25) is 0 Å². The first-order valence-corrected chi connectivity index (χ1v) is 6.52. The highest BCUT2D eigenvalue weighted by Gasteiger charge is 2.14. The van der Waals surface area contributed by atoms with Crippen molar-refractivity contribution in [3.63, 3.8) is 0 Å². The molecule has 0 atom stereocenters. The maximum absolute atomic E-state index is 11.9. The molecule has 1 aromatic carbocycles. The van der Waals surface area contributed by atoms with E-state index in [9.17, 15) is 14.9 Å². The number of hydrogen-bond acceptors (Lipinski definition) is 4. The SMILES string of the molecule is O=C(Nc1ccc([N+](=O)[O-])c(Cl)c1)c1cccc(Br)n1. The molecule has 0 aliphatic carbocycles. The highest BCUT2D eigenvalue weighted by atomic mass is 79.9. The number of halogens is 2. The zero-order valence-corrected chi connectivity index (χ0v) is 12.2. The van der Waals surface area contributed by atoms with E-state index in [-0.39, 0.29) is 16.4 Å². The fourth-order valence-corrected chi connectivity index (χ4v) is 2.06. The number of nitro groups is 1. The number of benzene rings is 1. The van der Waals surface area contributed by atoms with Gasteiger partial charge in [-0.1, -0.05) is 17.7 Å². The van der Waals surface area contributed by atoms with Gasteiger partial charge in [-0.25, -0.2) is 4.98 Å². The van der Waals surface area contributed by atoms with E-state index in [4.69, 9.17) is 11.6 Å². The van der Waals surface area contributed by atoms with Crippen LogP contribution >= 0.6 is 27.5 Å². The molecule has 1 aromatic heterocycles. The van der Waals surface area contributed by atoms with E-state index in [1.54, 1.807) is 18.2 Å². The van der Waals surface area contributed by atoms with Gasteiger partial charge >= 0.3 is 0 Å². The molecule has 1 amide bonds. The van der Waals surface area contributed by atoms with Crippen LogP contribution in [0.2, 0.25) is 5.02 Å². The Morgan fingerprint density at radius 1 is 1.35 bits per heavy atom. The molecule has 0 radical (unpaired) electrons. The summed E-state index contributed by atoms with van der Waals surface area (Å²) in [5.74, 6) is -0.434. The summed E-state index contributed by atoms with van der Waals surface area (Å²) in [6, 6.07) is 8.86. The molecule has 0 unspecified atom stereocenters. The molecule has 2 aromatic rings. The summed E-state index contributed by atoms with van der Waals surface area (Å²) in [4.78, 5) is 26.0. The first-order chi connectivity index (χ1) is 9.47. The van der Waals surface area contributed by atoms with Crippen LogP contribution in [0, 0.1) is 10.1 Å². The van der Waals surface area contributed by atoms with Gasteiger partial charge in [0.25, 0.3) is 11.6 Å². The van der Waals surface area contributed by atoms with Gasteiger partial charge in [0.05, 0.1) is 4.92 Å². The van der Waals surface area contributed by atoms with Crippen LogP contribution in [-0.4, -0.2) is 15.8 Å². The van der Waals surface area contributed by atoms with Gasteiger partial charge in [-0.3, -0.25) is 14.9 Å². The van der Waals surface area contributed by atoms with Crippen molar-refractivity contribution in [2.75, 3.05) is 5.32 Å². The average molecular weight is 357 g/mol. The summed E-state index contributed by atoms with van der Waals surface area (Å²) >= 11 is 8.93. The van der Waals surface area contributed by atoms with E-state index < -0.39 is 10.8 Å². The molecule has 0 aliphatic rings. The summed E-state index contributed by atoms with van der Waals surface area (Å²) in [5.41, 5.74) is 0.353. The Morgan fingerprint density at radius 3 is 2.70 bits per heavy atom. The van der Waals surface area contributed by atoms with E-state index in [1.165, 1.54) is 18.2 Å². The lowest BCUT2D eigenvalue weighted by Gasteiger charge is -2.05. The van der Waals surface area contributed by atoms with E-state index in [0.29, 0.717) is 10.3 Å². The maximum atomic E-state index is 11.9. The molecule has 0 aliphatic heterocycles. The van der Waals surface area contributed by atoms with Crippen LogP contribution in [-0.2, 0) is 0 Å². The third-order valence-corrected chi connectivity index (χ3v) is 3.09. The number of hydrogen-bond donors (Lipinski definition) is 1. The van der Waals surface area contributed by atoms with Gasteiger partial charge in [-0.05, 0) is 40.2 Å². The van der Waals surface area contributed by atoms with E-state index in [1.807, 2.05) is 0 Å².